The maximum absolute atomic E-state index is 12.7. The monoisotopic (exact) mass is 417 g/mol. The van der Waals surface area contributed by atoms with Crippen molar-refractivity contribution in [2.24, 2.45) is 0 Å². The summed E-state index contributed by atoms with van der Waals surface area (Å²) < 4.78 is 39.4. The molecule has 1 fully saturated rings. The summed E-state index contributed by atoms with van der Waals surface area (Å²) in [5.41, 5.74) is 0.0683. The molecule has 30 heavy (non-hydrogen) atoms. The highest BCUT2D eigenvalue weighted by atomic mass is 19.4. The lowest BCUT2D eigenvalue weighted by molar-refractivity contribution is -0.138. The van der Waals surface area contributed by atoms with Crippen LogP contribution in [0.2, 0.25) is 0 Å². The van der Waals surface area contributed by atoms with Gasteiger partial charge in [-0.15, -0.1) is 0 Å². The average Bonchev–Trinajstić information content (AvgIpc) is 2.75. The zero-order valence-corrected chi connectivity index (χ0v) is 15.8. The topological polar surface area (TPSA) is 71.3 Å². The van der Waals surface area contributed by atoms with E-state index in [4.69, 9.17) is 0 Å². The fourth-order valence-electron chi connectivity index (χ4n) is 3.44. The lowest BCUT2D eigenvalue weighted by Gasteiger charge is -2.35. The van der Waals surface area contributed by atoms with Crippen LogP contribution in [-0.2, 0) is 17.5 Å². The van der Waals surface area contributed by atoms with E-state index in [0.717, 1.165) is 12.3 Å². The van der Waals surface area contributed by atoms with Gasteiger partial charge >= 0.3 is 6.18 Å². The van der Waals surface area contributed by atoms with Gasteiger partial charge in [0.05, 0.1) is 22.8 Å². The van der Waals surface area contributed by atoms with Crippen LogP contribution in [0.25, 0.3) is 11.0 Å². The van der Waals surface area contributed by atoms with Crippen LogP contribution in [0.3, 0.4) is 0 Å². The Morgan fingerprint density at radius 3 is 2.37 bits per heavy atom. The Bertz CT molecular complexity index is 1120. The van der Waals surface area contributed by atoms with Crippen molar-refractivity contribution >= 4 is 22.8 Å². The molecule has 1 aliphatic rings. The first-order valence-electron chi connectivity index (χ1n) is 9.33. The van der Waals surface area contributed by atoms with Gasteiger partial charge in [-0.25, -0.2) is 9.97 Å². The molecule has 1 aliphatic heterocycles. The molecule has 0 spiro atoms. The van der Waals surface area contributed by atoms with Gasteiger partial charge in [-0.1, -0.05) is 12.1 Å². The first kappa shape index (κ1) is 19.9. The van der Waals surface area contributed by atoms with Crippen LogP contribution in [0.15, 0.2) is 53.6 Å². The van der Waals surface area contributed by atoms with Crippen molar-refractivity contribution < 1.29 is 18.0 Å². The van der Waals surface area contributed by atoms with Crippen molar-refractivity contribution in [1.29, 1.82) is 0 Å². The molecule has 2 aromatic heterocycles. The number of nitrogens with zero attached hydrogens (tertiary/aromatic N) is 5. The molecule has 1 aromatic carbocycles. The number of pyridine rings is 1. The lowest BCUT2D eigenvalue weighted by atomic mass is 10.2. The zero-order valence-electron chi connectivity index (χ0n) is 15.8. The highest BCUT2D eigenvalue weighted by Crippen LogP contribution is 2.29. The van der Waals surface area contributed by atoms with Crippen LogP contribution in [0.5, 0.6) is 0 Å². The van der Waals surface area contributed by atoms with Gasteiger partial charge in [0.25, 0.3) is 5.56 Å². The second kappa shape index (κ2) is 7.77. The maximum Gasteiger partial charge on any atom is 0.417 e. The number of anilines is 1. The molecule has 3 heterocycles. The molecular formula is C20H18F3N5O2. The third kappa shape index (κ3) is 3.98. The smallest absolute Gasteiger partial charge is 0.353 e. The van der Waals surface area contributed by atoms with Crippen LogP contribution in [-0.4, -0.2) is 51.5 Å². The van der Waals surface area contributed by atoms with E-state index in [2.05, 4.69) is 9.97 Å². The average molecular weight is 417 g/mol. The van der Waals surface area contributed by atoms with E-state index in [9.17, 15) is 22.8 Å². The Hall–Kier alpha value is -3.43. The highest BCUT2D eigenvalue weighted by Gasteiger charge is 2.31. The van der Waals surface area contributed by atoms with Crippen LogP contribution in [0.4, 0.5) is 19.0 Å². The summed E-state index contributed by atoms with van der Waals surface area (Å²) in [6.07, 6.45) is -2.41. The van der Waals surface area contributed by atoms with E-state index in [1.165, 1.54) is 16.8 Å². The Labute approximate surface area is 169 Å². The number of hydrogen-bond donors (Lipinski definition) is 0. The van der Waals surface area contributed by atoms with Crippen LogP contribution >= 0.6 is 0 Å². The Kier molecular flexibility index (Phi) is 5.15. The van der Waals surface area contributed by atoms with E-state index < -0.39 is 11.7 Å². The minimum absolute atomic E-state index is 0.0968. The number of hydrogen-bond acceptors (Lipinski definition) is 5. The summed E-state index contributed by atoms with van der Waals surface area (Å²) in [5, 5.41) is 0. The number of halogens is 3. The minimum atomic E-state index is -4.42. The van der Waals surface area contributed by atoms with Crippen LogP contribution < -0.4 is 10.5 Å². The first-order valence-corrected chi connectivity index (χ1v) is 9.33. The number of para-hydroxylation sites is 2. The molecule has 1 saturated heterocycles. The number of aromatic nitrogens is 3. The SMILES string of the molecule is O=C(Cn1c(=O)cnc2ccccc21)N1CCN(c2ccc(C(F)(F)F)cn2)CC1. The molecule has 0 bridgehead atoms. The van der Waals surface area contributed by atoms with E-state index >= 15 is 0 Å². The van der Waals surface area contributed by atoms with E-state index in [1.807, 2.05) is 4.90 Å². The largest absolute Gasteiger partial charge is 0.417 e. The van der Waals surface area contributed by atoms with E-state index in [1.54, 1.807) is 29.2 Å². The third-order valence-electron chi connectivity index (χ3n) is 5.08. The van der Waals surface area contributed by atoms with Gasteiger partial charge < -0.3 is 9.80 Å². The normalized spacial score (nSPS) is 14.9. The van der Waals surface area contributed by atoms with Gasteiger partial charge in [-0.2, -0.15) is 13.2 Å². The molecular weight excluding hydrogens is 399 g/mol. The van der Waals surface area contributed by atoms with Gasteiger partial charge in [-0.3, -0.25) is 14.2 Å². The molecule has 0 radical (unpaired) electrons. The summed E-state index contributed by atoms with van der Waals surface area (Å²) in [4.78, 5) is 36.4. The summed E-state index contributed by atoms with van der Waals surface area (Å²) in [5.74, 6) is 0.236. The second-order valence-corrected chi connectivity index (χ2v) is 6.94. The number of alkyl halides is 3. The molecule has 3 aromatic rings. The van der Waals surface area contributed by atoms with Crippen molar-refractivity contribution in [3.63, 3.8) is 0 Å². The molecule has 7 nitrogen and oxygen atoms in total. The standard InChI is InChI=1S/C20H18F3N5O2/c21-20(22,23)14-5-6-17(25-11-14)26-7-9-27(10-8-26)19(30)13-28-16-4-2-1-3-15(16)24-12-18(28)29/h1-6,11-12H,7-10,13H2. The second-order valence-electron chi connectivity index (χ2n) is 6.94. The Morgan fingerprint density at radius 2 is 1.70 bits per heavy atom. The fraction of sp³-hybridized carbons (Fsp3) is 0.300. The number of amides is 1. The summed E-state index contributed by atoms with van der Waals surface area (Å²) in [7, 11) is 0. The minimum Gasteiger partial charge on any atom is -0.353 e. The van der Waals surface area contributed by atoms with Gasteiger partial charge in [0.1, 0.15) is 12.4 Å². The summed E-state index contributed by atoms with van der Waals surface area (Å²) in [6.45, 7) is 1.56. The Morgan fingerprint density at radius 1 is 0.967 bits per heavy atom. The van der Waals surface area contributed by atoms with Crippen molar-refractivity contribution in [2.75, 3.05) is 31.1 Å². The molecule has 0 saturated carbocycles. The summed E-state index contributed by atoms with van der Waals surface area (Å²) >= 11 is 0. The predicted octanol–water partition coefficient (Wildman–Crippen LogP) is 2.16. The number of benzene rings is 1. The summed E-state index contributed by atoms with van der Waals surface area (Å²) in [6, 6.07) is 9.43. The molecule has 10 heteroatoms. The van der Waals surface area contributed by atoms with Gasteiger partial charge in [0.2, 0.25) is 5.91 Å². The molecule has 0 aliphatic carbocycles. The van der Waals surface area contributed by atoms with Gasteiger partial charge in [0, 0.05) is 32.4 Å². The number of fused-ring (bicyclic) bond motifs is 1. The molecule has 156 valence electrons. The predicted molar refractivity (Wildman–Crippen MR) is 104 cm³/mol. The number of rotatable bonds is 3. The lowest BCUT2D eigenvalue weighted by Crippen LogP contribution is -2.50. The van der Waals surface area contributed by atoms with Crippen LogP contribution in [0.1, 0.15) is 5.56 Å². The Balaban J connectivity index is 1.42. The molecule has 4 rings (SSSR count). The van der Waals surface area contributed by atoms with Crippen molar-refractivity contribution in [3.8, 4) is 0 Å². The number of carbonyl (C=O) groups excluding carboxylic acids is 1. The number of carbonyl (C=O) groups is 1. The quantitative estimate of drug-likeness (QED) is 0.653. The molecule has 0 N–H and O–H groups in total. The zero-order chi connectivity index (χ0) is 21.3. The van der Waals surface area contributed by atoms with Gasteiger partial charge in [-0.05, 0) is 24.3 Å². The molecule has 0 unspecified atom stereocenters. The third-order valence-corrected chi connectivity index (χ3v) is 5.08. The molecule has 1 amide bonds. The van der Waals surface area contributed by atoms with Crippen molar-refractivity contribution in [2.45, 2.75) is 12.7 Å². The first-order chi connectivity index (χ1) is 14.3. The fourth-order valence-corrected chi connectivity index (χ4v) is 3.44. The van der Waals surface area contributed by atoms with Gasteiger partial charge in [0.15, 0.2) is 0 Å². The van der Waals surface area contributed by atoms with Crippen LogP contribution in [0, 0.1) is 0 Å². The van der Waals surface area contributed by atoms with Crippen molar-refractivity contribution in [3.05, 3.63) is 64.7 Å². The van der Waals surface area contributed by atoms with E-state index in [0.29, 0.717) is 43.0 Å². The van der Waals surface area contributed by atoms with Crippen molar-refractivity contribution in [1.82, 2.24) is 19.4 Å². The molecule has 0 atom stereocenters. The number of piperazine rings is 1. The maximum atomic E-state index is 12.7. The highest BCUT2D eigenvalue weighted by molar-refractivity contribution is 5.80. The van der Waals surface area contributed by atoms with E-state index in [-0.39, 0.29) is 18.0 Å².